The molecule has 0 saturated carbocycles. The van der Waals surface area contributed by atoms with E-state index in [0.29, 0.717) is 5.56 Å². The van der Waals surface area contributed by atoms with Gasteiger partial charge in [0, 0.05) is 19.3 Å². The van der Waals surface area contributed by atoms with Crippen LogP contribution in [0.2, 0.25) is 0 Å². The van der Waals surface area contributed by atoms with Crippen LogP contribution in [-0.4, -0.2) is 45.2 Å². The van der Waals surface area contributed by atoms with Crippen molar-refractivity contribution in [1.82, 2.24) is 20.3 Å². The lowest BCUT2D eigenvalue weighted by atomic mass is 9.78. The average molecular weight is 431 g/mol. The van der Waals surface area contributed by atoms with Crippen molar-refractivity contribution >= 4 is 11.7 Å². The monoisotopic (exact) mass is 431 g/mol. The Hall–Kier alpha value is -3.40. The van der Waals surface area contributed by atoms with Crippen molar-refractivity contribution in [3.63, 3.8) is 0 Å². The number of H-pyrrole nitrogens is 1. The fourth-order valence-electron chi connectivity index (χ4n) is 3.94. The zero-order valence-corrected chi connectivity index (χ0v) is 16.3. The Morgan fingerprint density at radius 2 is 2.00 bits per heavy atom. The summed E-state index contributed by atoms with van der Waals surface area (Å²) >= 11 is 0. The van der Waals surface area contributed by atoms with E-state index in [4.69, 9.17) is 0 Å². The van der Waals surface area contributed by atoms with Crippen LogP contribution in [0.15, 0.2) is 61.2 Å². The van der Waals surface area contributed by atoms with Gasteiger partial charge in [0.2, 0.25) is 0 Å². The Bertz CT molecular complexity index is 1040. The van der Waals surface area contributed by atoms with Gasteiger partial charge in [-0.1, -0.05) is 30.3 Å². The Labute approximate surface area is 176 Å². The Morgan fingerprint density at radius 1 is 1.23 bits per heavy atom. The number of carbonyl (C=O) groups is 1. The molecule has 3 heterocycles. The number of anilines is 1. The third kappa shape index (κ3) is 3.98. The Morgan fingerprint density at radius 3 is 2.65 bits per heavy atom. The van der Waals surface area contributed by atoms with Crippen LogP contribution in [0.5, 0.6) is 0 Å². The predicted octanol–water partition coefficient (Wildman–Crippen LogP) is 2.72. The van der Waals surface area contributed by atoms with Gasteiger partial charge >= 0.3 is 6.18 Å². The zero-order valence-electron chi connectivity index (χ0n) is 16.3. The largest absolute Gasteiger partial charge is 0.419 e. The number of hydrogen-bond acceptors (Lipinski definition) is 5. The van der Waals surface area contributed by atoms with E-state index in [9.17, 15) is 23.1 Å². The lowest BCUT2D eigenvalue weighted by Gasteiger charge is -2.47. The lowest BCUT2D eigenvalue weighted by molar-refractivity contribution is -0.137. The number of carbonyl (C=O) groups excluding carboxylic acids is 1. The minimum absolute atomic E-state index is 0.141. The first kappa shape index (κ1) is 20.9. The molecule has 0 unspecified atom stereocenters. The van der Waals surface area contributed by atoms with Crippen LogP contribution < -0.4 is 10.2 Å². The van der Waals surface area contributed by atoms with Crippen molar-refractivity contribution < 1.29 is 23.1 Å². The topological polar surface area (TPSA) is 94.1 Å². The number of pyridine rings is 1. The summed E-state index contributed by atoms with van der Waals surface area (Å²) in [6, 6.07) is 11.1. The van der Waals surface area contributed by atoms with Gasteiger partial charge < -0.3 is 20.3 Å². The lowest BCUT2D eigenvalue weighted by Crippen LogP contribution is -2.62. The van der Waals surface area contributed by atoms with Crippen LogP contribution in [0.25, 0.3) is 0 Å². The number of aromatic nitrogens is 3. The molecule has 1 amide bonds. The van der Waals surface area contributed by atoms with E-state index in [1.165, 1.54) is 29.7 Å². The van der Waals surface area contributed by atoms with Gasteiger partial charge in [-0.05, 0) is 24.1 Å². The van der Waals surface area contributed by atoms with Gasteiger partial charge in [-0.25, -0.2) is 9.97 Å². The molecule has 7 nitrogen and oxygen atoms in total. The number of imidazole rings is 1. The van der Waals surface area contributed by atoms with Gasteiger partial charge in [0.25, 0.3) is 5.91 Å². The molecule has 0 spiro atoms. The van der Waals surface area contributed by atoms with Gasteiger partial charge in [-0.3, -0.25) is 4.79 Å². The smallest absolute Gasteiger partial charge is 0.388 e. The number of aromatic amines is 1. The van der Waals surface area contributed by atoms with Crippen LogP contribution in [0.1, 0.15) is 28.0 Å². The number of nitrogens with zero attached hydrogens (tertiary/aromatic N) is 3. The minimum Gasteiger partial charge on any atom is -0.388 e. The third-order valence-corrected chi connectivity index (χ3v) is 5.50. The molecule has 0 radical (unpaired) electrons. The fourth-order valence-corrected chi connectivity index (χ4v) is 3.94. The molecule has 3 N–H and O–H groups in total. The highest BCUT2D eigenvalue weighted by molar-refractivity contribution is 5.92. The molecule has 1 fully saturated rings. The number of rotatable bonds is 4. The van der Waals surface area contributed by atoms with Gasteiger partial charge in [-0.2, -0.15) is 13.2 Å². The van der Waals surface area contributed by atoms with Crippen LogP contribution in [0.4, 0.5) is 19.0 Å². The molecule has 31 heavy (non-hydrogen) atoms. The number of aliphatic hydroxyl groups is 1. The van der Waals surface area contributed by atoms with Gasteiger partial charge in [0.1, 0.15) is 11.5 Å². The fraction of sp³-hybridized carbons (Fsp3) is 0.286. The summed E-state index contributed by atoms with van der Waals surface area (Å²) in [6.07, 6.45) is -1.58. The normalized spacial score (nSPS) is 21.7. The molecule has 2 atom stereocenters. The Balaban J connectivity index is 1.67. The molecule has 10 heteroatoms. The number of β-amino-alcohol motifs (C(OH)–C–C–N with tert-alkyl or cyclic N) is 1. The summed E-state index contributed by atoms with van der Waals surface area (Å²) in [5, 5.41) is 14.0. The maximum atomic E-state index is 13.5. The number of benzene rings is 1. The summed E-state index contributed by atoms with van der Waals surface area (Å²) in [7, 11) is 0. The molecule has 2 aromatic heterocycles. The van der Waals surface area contributed by atoms with E-state index in [1.807, 2.05) is 0 Å². The SMILES string of the molecule is O=C(N[C@@]1(c2ccccc2)CCN(c2ncccc2C(F)(F)F)C[C@H]1O)c1cnc[nH]1. The first-order chi connectivity index (χ1) is 14.8. The molecule has 3 aromatic rings. The molecule has 1 aliphatic heterocycles. The number of nitrogens with one attached hydrogen (secondary N) is 2. The minimum atomic E-state index is -4.57. The quantitative estimate of drug-likeness (QED) is 0.591. The number of hydrogen-bond donors (Lipinski definition) is 3. The summed E-state index contributed by atoms with van der Waals surface area (Å²) in [5.41, 5.74) is -1.18. The second kappa shape index (κ2) is 8.03. The van der Waals surface area contributed by atoms with Crippen LogP contribution >= 0.6 is 0 Å². The summed E-state index contributed by atoms with van der Waals surface area (Å²) in [5.74, 6) is -0.710. The standard InChI is InChI=1S/C21H20F3N5O2/c22-21(23,24)15-7-4-9-26-18(15)29-10-8-20(17(30)12-29,14-5-2-1-3-6-14)28-19(31)16-11-25-13-27-16/h1-7,9,11,13,17,30H,8,10,12H2,(H,25,27)(H,28,31)/t17-,20-/m1/s1. The summed E-state index contributed by atoms with van der Waals surface area (Å²) < 4.78 is 40.4. The second-order valence-electron chi connectivity index (χ2n) is 7.34. The summed E-state index contributed by atoms with van der Waals surface area (Å²) in [6.45, 7) is 0.00749. The van der Waals surface area contributed by atoms with E-state index >= 15 is 0 Å². The number of alkyl halides is 3. The number of amides is 1. The molecular formula is C21H20F3N5O2. The number of halogens is 3. The first-order valence-electron chi connectivity index (χ1n) is 9.63. The van der Waals surface area contributed by atoms with Crippen LogP contribution in [0.3, 0.4) is 0 Å². The summed E-state index contributed by atoms with van der Waals surface area (Å²) in [4.78, 5) is 24.6. The third-order valence-electron chi connectivity index (χ3n) is 5.50. The Kier molecular flexibility index (Phi) is 5.40. The van der Waals surface area contributed by atoms with Crippen LogP contribution in [-0.2, 0) is 11.7 Å². The van der Waals surface area contributed by atoms with Crippen molar-refractivity contribution in [3.05, 3.63) is 78.0 Å². The van der Waals surface area contributed by atoms with Crippen molar-refractivity contribution in [3.8, 4) is 0 Å². The zero-order chi connectivity index (χ0) is 22.1. The van der Waals surface area contributed by atoms with E-state index < -0.39 is 29.3 Å². The highest BCUT2D eigenvalue weighted by Crippen LogP contribution is 2.39. The van der Waals surface area contributed by atoms with Crippen LogP contribution in [0, 0.1) is 0 Å². The van der Waals surface area contributed by atoms with E-state index in [-0.39, 0.29) is 31.0 Å². The van der Waals surface area contributed by atoms with Crippen molar-refractivity contribution in [2.45, 2.75) is 24.2 Å². The van der Waals surface area contributed by atoms with Crippen molar-refractivity contribution in [2.75, 3.05) is 18.0 Å². The number of aliphatic hydroxyl groups excluding tert-OH is 1. The molecule has 0 bridgehead atoms. The maximum Gasteiger partial charge on any atom is 0.419 e. The van der Waals surface area contributed by atoms with E-state index in [1.54, 1.807) is 30.3 Å². The molecule has 1 aliphatic rings. The van der Waals surface area contributed by atoms with Gasteiger partial charge in [0.15, 0.2) is 0 Å². The second-order valence-corrected chi connectivity index (χ2v) is 7.34. The van der Waals surface area contributed by atoms with Gasteiger partial charge in [-0.15, -0.1) is 0 Å². The molecule has 4 rings (SSSR count). The van der Waals surface area contributed by atoms with Gasteiger partial charge in [0.05, 0.1) is 29.7 Å². The predicted molar refractivity (Wildman–Crippen MR) is 106 cm³/mol. The molecule has 0 aliphatic carbocycles. The van der Waals surface area contributed by atoms with Crippen molar-refractivity contribution in [2.24, 2.45) is 0 Å². The number of piperidine rings is 1. The molecule has 1 saturated heterocycles. The highest BCUT2D eigenvalue weighted by atomic mass is 19.4. The molecular weight excluding hydrogens is 411 g/mol. The first-order valence-corrected chi connectivity index (χ1v) is 9.63. The maximum absolute atomic E-state index is 13.5. The van der Waals surface area contributed by atoms with E-state index in [2.05, 4.69) is 20.3 Å². The molecule has 162 valence electrons. The molecule has 1 aromatic carbocycles. The van der Waals surface area contributed by atoms with Crippen molar-refractivity contribution in [1.29, 1.82) is 0 Å². The van der Waals surface area contributed by atoms with E-state index in [0.717, 1.165) is 6.07 Å². The average Bonchev–Trinajstić information content (AvgIpc) is 3.30. The highest BCUT2D eigenvalue weighted by Gasteiger charge is 2.47.